The van der Waals surface area contributed by atoms with Gasteiger partial charge in [-0.1, -0.05) is 30.2 Å². The molecule has 0 rings (SSSR count). The van der Waals surface area contributed by atoms with Gasteiger partial charge in [-0.2, -0.15) is 0 Å². The minimum Gasteiger partial charge on any atom is -0.463 e. The summed E-state index contributed by atoms with van der Waals surface area (Å²) in [5.74, 6) is -0.191. The zero-order chi connectivity index (χ0) is 14.0. The van der Waals surface area contributed by atoms with E-state index in [9.17, 15) is 4.79 Å². The maximum absolute atomic E-state index is 10.7. The van der Waals surface area contributed by atoms with Crippen LogP contribution in [-0.2, 0) is 9.53 Å². The molecular formula is C16H28O2. The number of hydrogen-bond donors (Lipinski definition) is 0. The summed E-state index contributed by atoms with van der Waals surface area (Å²) in [6, 6.07) is 0. The molecule has 104 valence electrons. The van der Waals surface area contributed by atoms with E-state index < -0.39 is 0 Å². The van der Waals surface area contributed by atoms with Crippen molar-refractivity contribution in [1.29, 1.82) is 0 Å². The first-order chi connectivity index (χ1) is 8.45. The fourth-order valence-corrected chi connectivity index (χ4v) is 1.70. The normalized spacial score (nSPS) is 14.5. The molecule has 0 saturated heterocycles. The monoisotopic (exact) mass is 252 g/mol. The Balaban J connectivity index is 3.80. The van der Waals surface area contributed by atoms with Gasteiger partial charge in [-0.05, 0) is 52.9 Å². The molecule has 1 unspecified atom stereocenters. The summed E-state index contributed by atoms with van der Waals surface area (Å²) in [6.07, 6.45) is 9.88. The fourth-order valence-electron chi connectivity index (χ4n) is 1.70. The summed E-state index contributed by atoms with van der Waals surface area (Å²) < 4.78 is 5.08. The molecule has 0 radical (unpaired) electrons. The van der Waals surface area contributed by atoms with Crippen molar-refractivity contribution < 1.29 is 9.53 Å². The van der Waals surface area contributed by atoms with Crippen LogP contribution in [0.5, 0.6) is 0 Å². The Hall–Kier alpha value is -1.05. The summed E-state index contributed by atoms with van der Waals surface area (Å²) in [5, 5.41) is 0. The van der Waals surface area contributed by atoms with E-state index in [0.29, 0.717) is 0 Å². The third kappa shape index (κ3) is 10.1. The van der Waals surface area contributed by atoms with E-state index in [1.807, 2.05) is 6.92 Å². The molecule has 2 nitrogen and oxygen atoms in total. The van der Waals surface area contributed by atoms with Crippen LogP contribution in [-0.4, -0.2) is 12.1 Å². The van der Waals surface area contributed by atoms with E-state index in [1.165, 1.54) is 18.1 Å². The molecule has 0 spiro atoms. The molecule has 0 aromatic heterocycles. The predicted molar refractivity (Wildman–Crippen MR) is 77.5 cm³/mol. The third-order valence-corrected chi connectivity index (χ3v) is 3.02. The molecular weight excluding hydrogens is 224 g/mol. The summed E-state index contributed by atoms with van der Waals surface area (Å²) in [5.41, 5.74) is 2.89. The summed E-state index contributed by atoms with van der Waals surface area (Å²) >= 11 is 0. The van der Waals surface area contributed by atoms with Gasteiger partial charge in [0, 0.05) is 6.92 Å². The highest BCUT2D eigenvalue weighted by atomic mass is 16.5. The molecule has 0 aliphatic heterocycles. The van der Waals surface area contributed by atoms with Crippen molar-refractivity contribution in [1.82, 2.24) is 0 Å². The number of hydrogen-bond acceptors (Lipinski definition) is 2. The van der Waals surface area contributed by atoms with Gasteiger partial charge < -0.3 is 4.74 Å². The second-order valence-corrected chi connectivity index (χ2v) is 4.99. The maximum atomic E-state index is 10.7. The Morgan fingerprint density at radius 2 is 1.72 bits per heavy atom. The Morgan fingerprint density at radius 3 is 2.28 bits per heavy atom. The molecule has 0 aromatic rings. The fraction of sp³-hybridized carbons (Fsp3) is 0.688. The average molecular weight is 252 g/mol. The lowest BCUT2D eigenvalue weighted by molar-refractivity contribution is -0.145. The Labute approximate surface area is 112 Å². The van der Waals surface area contributed by atoms with Crippen LogP contribution in [0.25, 0.3) is 0 Å². The maximum Gasteiger partial charge on any atom is 0.302 e. The van der Waals surface area contributed by atoms with E-state index in [4.69, 9.17) is 4.74 Å². The summed E-state index contributed by atoms with van der Waals surface area (Å²) in [6.45, 7) is 9.94. The first-order valence-corrected chi connectivity index (χ1v) is 6.94. The number of carbonyl (C=O) groups is 1. The van der Waals surface area contributed by atoms with Crippen molar-refractivity contribution >= 4 is 5.97 Å². The van der Waals surface area contributed by atoms with Gasteiger partial charge >= 0.3 is 5.97 Å². The summed E-state index contributed by atoms with van der Waals surface area (Å²) in [4.78, 5) is 10.7. The minimum absolute atomic E-state index is 0.0220. The lowest BCUT2D eigenvalue weighted by Crippen LogP contribution is -2.11. The second kappa shape index (κ2) is 9.93. The number of allylic oxidation sites excluding steroid dienone is 4. The van der Waals surface area contributed by atoms with Gasteiger partial charge in [0.2, 0.25) is 0 Å². The van der Waals surface area contributed by atoms with Crippen LogP contribution in [0.3, 0.4) is 0 Å². The molecule has 0 aliphatic rings. The highest BCUT2D eigenvalue weighted by Crippen LogP contribution is 2.11. The van der Waals surface area contributed by atoms with Crippen LogP contribution in [0.15, 0.2) is 23.3 Å². The standard InChI is InChI=1S/C16H28O2/c1-6-13(2)9-7-10-14(3)11-8-12-15(4)18-16(5)17/h9,11,15H,6-8,10,12H2,1-5H3/b13-9+,14-11+. The molecule has 0 heterocycles. The first-order valence-electron chi connectivity index (χ1n) is 6.94. The highest BCUT2D eigenvalue weighted by Gasteiger charge is 2.03. The number of ether oxygens (including phenoxy) is 1. The number of carbonyl (C=O) groups excluding carboxylic acids is 1. The van der Waals surface area contributed by atoms with Crippen molar-refractivity contribution in [3.8, 4) is 0 Å². The molecule has 0 aliphatic carbocycles. The molecule has 2 heteroatoms. The summed E-state index contributed by atoms with van der Waals surface area (Å²) in [7, 11) is 0. The molecule has 18 heavy (non-hydrogen) atoms. The third-order valence-electron chi connectivity index (χ3n) is 3.02. The van der Waals surface area contributed by atoms with Crippen LogP contribution >= 0.6 is 0 Å². The lowest BCUT2D eigenvalue weighted by atomic mass is 10.1. The van der Waals surface area contributed by atoms with Gasteiger partial charge in [0.1, 0.15) is 0 Å². The second-order valence-electron chi connectivity index (χ2n) is 4.99. The van der Waals surface area contributed by atoms with Crippen LogP contribution < -0.4 is 0 Å². The highest BCUT2D eigenvalue weighted by molar-refractivity contribution is 5.66. The number of esters is 1. The van der Waals surface area contributed by atoms with E-state index in [-0.39, 0.29) is 12.1 Å². The minimum atomic E-state index is -0.191. The smallest absolute Gasteiger partial charge is 0.302 e. The van der Waals surface area contributed by atoms with E-state index in [1.54, 1.807) is 0 Å². The SMILES string of the molecule is CC/C(C)=C/CC/C(C)=C/CCC(C)OC(C)=O. The lowest BCUT2D eigenvalue weighted by Gasteiger charge is -2.10. The van der Waals surface area contributed by atoms with Gasteiger partial charge in [0.15, 0.2) is 0 Å². The average Bonchev–Trinajstić information content (AvgIpc) is 2.27. The largest absolute Gasteiger partial charge is 0.463 e. The van der Waals surface area contributed by atoms with Crippen molar-refractivity contribution in [2.45, 2.75) is 72.8 Å². The molecule has 0 N–H and O–H groups in total. The van der Waals surface area contributed by atoms with Crippen LogP contribution in [0.2, 0.25) is 0 Å². The van der Waals surface area contributed by atoms with Gasteiger partial charge in [0.05, 0.1) is 6.10 Å². The molecule has 0 bridgehead atoms. The van der Waals surface area contributed by atoms with Gasteiger partial charge in [-0.15, -0.1) is 0 Å². The van der Waals surface area contributed by atoms with Crippen molar-refractivity contribution in [2.75, 3.05) is 0 Å². The van der Waals surface area contributed by atoms with E-state index in [0.717, 1.165) is 32.1 Å². The predicted octanol–water partition coefficient (Wildman–Crippen LogP) is 4.80. The number of rotatable bonds is 8. The zero-order valence-electron chi connectivity index (χ0n) is 12.6. The topological polar surface area (TPSA) is 26.3 Å². The van der Waals surface area contributed by atoms with Crippen molar-refractivity contribution in [3.63, 3.8) is 0 Å². The zero-order valence-corrected chi connectivity index (χ0v) is 12.6. The Bertz CT molecular complexity index is 300. The van der Waals surface area contributed by atoms with Crippen LogP contribution in [0.1, 0.15) is 66.7 Å². The molecule has 0 aromatic carbocycles. The van der Waals surface area contributed by atoms with Gasteiger partial charge in [0.25, 0.3) is 0 Å². The molecule has 0 fully saturated rings. The first kappa shape index (κ1) is 16.9. The van der Waals surface area contributed by atoms with Crippen molar-refractivity contribution in [2.24, 2.45) is 0 Å². The molecule has 0 saturated carbocycles. The van der Waals surface area contributed by atoms with E-state index >= 15 is 0 Å². The van der Waals surface area contributed by atoms with Crippen LogP contribution in [0, 0.1) is 0 Å². The van der Waals surface area contributed by atoms with Gasteiger partial charge in [-0.3, -0.25) is 4.79 Å². The van der Waals surface area contributed by atoms with Crippen molar-refractivity contribution in [3.05, 3.63) is 23.3 Å². The Kier molecular flexibility index (Phi) is 9.35. The van der Waals surface area contributed by atoms with Gasteiger partial charge in [-0.25, -0.2) is 0 Å². The molecule has 0 amide bonds. The van der Waals surface area contributed by atoms with E-state index in [2.05, 4.69) is 32.9 Å². The Morgan fingerprint density at radius 1 is 1.11 bits per heavy atom. The van der Waals surface area contributed by atoms with Crippen LogP contribution in [0.4, 0.5) is 0 Å². The quantitative estimate of drug-likeness (QED) is 0.458. The molecule has 1 atom stereocenters.